The lowest BCUT2D eigenvalue weighted by atomic mass is 9.83. The van der Waals surface area contributed by atoms with Crippen molar-refractivity contribution in [3.05, 3.63) is 35.9 Å². The average molecular weight is 273 g/mol. The highest BCUT2D eigenvalue weighted by atomic mass is 15.0. The normalized spacial score (nSPS) is 23.9. The Balaban J connectivity index is 1.91. The maximum absolute atomic E-state index is 5.61. The summed E-state index contributed by atoms with van der Waals surface area (Å²) < 4.78 is 0. The first-order valence-electron chi connectivity index (χ1n) is 7.65. The predicted octanol–water partition coefficient (Wildman–Crippen LogP) is 2.61. The van der Waals surface area contributed by atoms with Crippen molar-refractivity contribution < 1.29 is 0 Å². The molecule has 1 aliphatic rings. The quantitative estimate of drug-likeness (QED) is 0.837. The van der Waals surface area contributed by atoms with Crippen molar-refractivity contribution in [1.29, 1.82) is 0 Å². The van der Waals surface area contributed by atoms with Crippen molar-refractivity contribution in [3.8, 4) is 0 Å². The van der Waals surface area contributed by atoms with E-state index in [9.17, 15) is 0 Å². The molecule has 0 fully saturated rings. The lowest BCUT2D eigenvalue weighted by Crippen LogP contribution is -2.45. The van der Waals surface area contributed by atoms with Crippen molar-refractivity contribution in [1.82, 2.24) is 5.32 Å². The zero-order valence-electron chi connectivity index (χ0n) is 12.7. The molecule has 1 heterocycles. The number of nitrogens with two attached hydrogens (primary N) is 1. The highest BCUT2D eigenvalue weighted by Crippen LogP contribution is 2.26. The fourth-order valence-electron chi connectivity index (χ4n) is 2.78. The molecule has 1 unspecified atom stereocenters. The van der Waals surface area contributed by atoms with E-state index >= 15 is 0 Å². The van der Waals surface area contributed by atoms with Crippen molar-refractivity contribution in [3.63, 3.8) is 0 Å². The minimum absolute atomic E-state index is 0.273. The molecule has 20 heavy (non-hydrogen) atoms. The Labute approximate surface area is 122 Å². The summed E-state index contributed by atoms with van der Waals surface area (Å²) in [5.74, 6) is 1.62. The van der Waals surface area contributed by atoms with E-state index in [1.807, 2.05) is 0 Å². The fourth-order valence-corrected chi connectivity index (χ4v) is 2.78. The third-order valence-electron chi connectivity index (χ3n) is 4.16. The van der Waals surface area contributed by atoms with Crippen LogP contribution >= 0.6 is 0 Å². The van der Waals surface area contributed by atoms with Crippen LogP contribution in [0, 0.1) is 11.3 Å². The molecule has 3 N–H and O–H groups in total. The van der Waals surface area contributed by atoms with Crippen LogP contribution in [0.3, 0.4) is 0 Å². The van der Waals surface area contributed by atoms with Crippen LogP contribution in [-0.4, -0.2) is 25.5 Å². The van der Waals surface area contributed by atoms with E-state index in [2.05, 4.69) is 49.5 Å². The molecule has 0 aliphatic carbocycles. The van der Waals surface area contributed by atoms with Gasteiger partial charge in [-0.3, -0.25) is 4.99 Å². The number of hydrogen-bond acceptors (Lipinski definition) is 3. The molecule has 3 heteroatoms. The van der Waals surface area contributed by atoms with E-state index in [4.69, 9.17) is 10.7 Å². The molecule has 1 aliphatic heterocycles. The van der Waals surface area contributed by atoms with Gasteiger partial charge in [-0.1, -0.05) is 44.2 Å². The minimum Gasteiger partial charge on any atom is -0.373 e. The lowest BCUT2D eigenvalue weighted by molar-refractivity contribution is 0.287. The van der Waals surface area contributed by atoms with Crippen LogP contribution in [0.4, 0.5) is 0 Å². The van der Waals surface area contributed by atoms with Gasteiger partial charge in [0.1, 0.15) is 0 Å². The molecular formula is C17H27N3. The second kappa shape index (κ2) is 6.89. The van der Waals surface area contributed by atoms with Gasteiger partial charge in [-0.2, -0.15) is 0 Å². The number of rotatable bonds is 6. The van der Waals surface area contributed by atoms with Crippen molar-refractivity contribution in [2.75, 3.05) is 19.6 Å². The largest absolute Gasteiger partial charge is 0.373 e. The summed E-state index contributed by atoms with van der Waals surface area (Å²) in [6, 6.07) is 10.6. The fraction of sp³-hybridized carbons (Fsp3) is 0.588. The Hall–Kier alpha value is -1.35. The number of amidine groups is 1. The molecule has 0 saturated heterocycles. The summed E-state index contributed by atoms with van der Waals surface area (Å²) in [6.45, 7) is 7.27. The Morgan fingerprint density at radius 2 is 2.10 bits per heavy atom. The van der Waals surface area contributed by atoms with Crippen molar-refractivity contribution >= 4 is 5.84 Å². The SMILES string of the molecule is C[C@@H](Cc1ccccc1)C1=NCC(C)(CCCN)CN1. The van der Waals surface area contributed by atoms with Crippen LogP contribution in [0.5, 0.6) is 0 Å². The molecule has 1 aromatic carbocycles. The van der Waals surface area contributed by atoms with Crippen LogP contribution in [0.25, 0.3) is 0 Å². The van der Waals surface area contributed by atoms with E-state index < -0.39 is 0 Å². The Bertz CT molecular complexity index is 441. The van der Waals surface area contributed by atoms with E-state index in [0.717, 1.165) is 38.9 Å². The Kier molecular flexibility index (Phi) is 5.18. The first-order chi connectivity index (χ1) is 9.63. The van der Waals surface area contributed by atoms with Crippen LogP contribution in [0.2, 0.25) is 0 Å². The van der Waals surface area contributed by atoms with Crippen molar-refractivity contribution in [2.24, 2.45) is 22.1 Å². The molecule has 0 radical (unpaired) electrons. The maximum atomic E-state index is 5.61. The molecular weight excluding hydrogens is 246 g/mol. The van der Waals surface area contributed by atoms with Gasteiger partial charge in [-0.15, -0.1) is 0 Å². The Morgan fingerprint density at radius 1 is 1.35 bits per heavy atom. The maximum Gasteiger partial charge on any atom is 0.0995 e. The first kappa shape index (κ1) is 15.0. The van der Waals surface area contributed by atoms with Crippen LogP contribution in [-0.2, 0) is 6.42 Å². The summed E-state index contributed by atoms with van der Waals surface area (Å²) in [4.78, 5) is 4.80. The number of nitrogens with one attached hydrogen (secondary N) is 1. The van der Waals surface area contributed by atoms with Crippen LogP contribution < -0.4 is 11.1 Å². The molecule has 2 atom stereocenters. The molecule has 0 bridgehead atoms. The van der Waals surface area contributed by atoms with Gasteiger partial charge in [-0.25, -0.2) is 0 Å². The topological polar surface area (TPSA) is 50.4 Å². The average Bonchev–Trinajstić information content (AvgIpc) is 2.47. The summed E-state index contributed by atoms with van der Waals surface area (Å²) in [5.41, 5.74) is 7.26. The summed E-state index contributed by atoms with van der Waals surface area (Å²) in [7, 11) is 0. The monoisotopic (exact) mass is 273 g/mol. The van der Waals surface area contributed by atoms with Gasteiger partial charge < -0.3 is 11.1 Å². The Morgan fingerprint density at radius 3 is 2.70 bits per heavy atom. The second-order valence-electron chi connectivity index (χ2n) is 6.35. The number of hydrogen-bond donors (Lipinski definition) is 2. The summed E-state index contributed by atoms with van der Waals surface area (Å²) in [5, 5.41) is 3.55. The molecule has 0 aromatic heterocycles. The number of nitrogens with zero attached hydrogens (tertiary/aromatic N) is 1. The second-order valence-corrected chi connectivity index (χ2v) is 6.35. The lowest BCUT2D eigenvalue weighted by Gasteiger charge is -2.34. The van der Waals surface area contributed by atoms with E-state index in [1.54, 1.807) is 0 Å². The van der Waals surface area contributed by atoms with Crippen molar-refractivity contribution in [2.45, 2.75) is 33.1 Å². The van der Waals surface area contributed by atoms with Crippen LogP contribution in [0.15, 0.2) is 35.3 Å². The zero-order chi connectivity index (χ0) is 14.4. The van der Waals surface area contributed by atoms with Gasteiger partial charge in [0.15, 0.2) is 0 Å². The molecule has 3 nitrogen and oxygen atoms in total. The number of benzene rings is 1. The van der Waals surface area contributed by atoms with Gasteiger partial charge in [0.05, 0.1) is 5.84 Å². The van der Waals surface area contributed by atoms with E-state index in [1.165, 1.54) is 11.4 Å². The number of aliphatic imine (C=N–C) groups is 1. The van der Waals surface area contributed by atoms with E-state index in [0.29, 0.717) is 5.92 Å². The summed E-state index contributed by atoms with van der Waals surface area (Å²) >= 11 is 0. The highest BCUT2D eigenvalue weighted by Gasteiger charge is 2.28. The molecule has 1 aromatic rings. The first-order valence-corrected chi connectivity index (χ1v) is 7.65. The van der Waals surface area contributed by atoms with Gasteiger partial charge in [-0.05, 0) is 31.4 Å². The predicted molar refractivity (Wildman–Crippen MR) is 86.0 cm³/mol. The van der Waals surface area contributed by atoms with E-state index in [-0.39, 0.29) is 5.41 Å². The van der Waals surface area contributed by atoms with Gasteiger partial charge in [0.25, 0.3) is 0 Å². The molecule has 0 amide bonds. The molecule has 2 rings (SSSR count). The molecule has 0 saturated carbocycles. The van der Waals surface area contributed by atoms with Gasteiger partial charge >= 0.3 is 0 Å². The minimum atomic E-state index is 0.273. The zero-order valence-corrected chi connectivity index (χ0v) is 12.7. The smallest absolute Gasteiger partial charge is 0.0995 e. The highest BCUT2D eigenvalue weighted by molar-refractivity contribution is 5.85. The third kappa shape index (κ3) is 4.07. The standard InChI is InChI=1S/C17H27N3/c1-14(11-15-7-4-3-5-8-15)16-19-12-17(2,13-20-16)9-6-10-18/h3-5,7-8,14H,6,9-13,18H2,1-2H3,(H,19,20)/t14-/m0/s1. The van der Waals surface area contributed by atoms with Gasteiger partial charge in [0, 0.05) is 24.4 Å². The third-order valence-corrected chi connectivity index (χ3v) is 4.16. The summed E-state index contributed by atoms with van der Waals surface area (Å²) in [6.07, 6.45) is 3.29. The molecule has 0 spiro atoms. The van der Waals surface area contributed by atoms with Crippen LogP contribution in [0.1, 0.15) is 32.3 Å². The molecule has 110 valence electrons. The van der Waals surface area contributed by atoms with Gasteiger partial charge in [0.2, 0.25) is 0 Å².